The van der Waals surface area contributed by atoms with Crippen molar-refractivity contribution in [1.29, 1.82) is 0 Å². The predicted molar refractivity (Wildman–Crippen MR) is 75.9 cm³/mol. The van der Waals surface area contributed by atoms with E-state index in [1.807, 2.05) is 0 Å². The summed E-state index contributed by atoms with van der Waals surface area (Å²) in [4.78, 5) is 0. The molecule has 2 aliphatic carbocycles. The summed E-state index contributed by atoms with van der Waals surface area (Å²) in [5.74, 6) is 1.67. The Balaban J connectivity index is 2.49. The maximum atomic E-state index is 2.57. The van der Waals surface area contributed by atoms with Crippen LogP contribution in [0.15, 0.2) is 11.6 Å². The largest absolute Gasteiger partial charge is 0.0884 e. The summed E-state index contributed by atoms with van der Waals surface area (Å²) in [6.45, 7) is 17.2. The number of rotatable bonds is 1. The second-order valence-corrected chi connectivity index (χ2v) is 7.70. The third-order valence-electron chi connectivity index (χ3n) is 7.35. The third kappa shape index (κ3) is 1.36. The van der Waals surface area contributed by atoms with E-state index in [9.17, 15) is 0 Å². The maximum Gasteiger partial charge on any atom is -0.0144 e. The van der Waals surface area contributed by atoms with Crippen molar-refractivity contribution in [1.82, 2.24) is 0 Å². The summed E-state index contributed by atoms with van der Waals surface area (Å²) >= 11 is 0. The van der Waals surface area contributed by atoms with Gasteiger partial charge in [-0.05, 0) is 61.2 Å². The normalized spacial score (nSPS) is 49.5. The molecule has 98 valence electrons. The molecule has 2 saturated carbocycles. The molecule has 0 aromatic heterocycles. The molecule has 2 unspecified atom stereocenters. The van der Waals surface area contributed by atoms with E-state index in [1.165, 1.54) is 19.3 Å². The van der Waals surface area contributed by atoms with Crippen LogP contribution in [0, 0.1) is 28.1 Å². The number of allylic oxidation sites excluding steroid dienone is 2. The van der Waals surface area contributed by atoms with Crippen molar-refractivity contribution < 1.29 is 0 Å². The van der Waals surface area contributed by atoms with Gasteiger partial charge in [-0.1, -0.05) is 46.3 Å². The molecule has 0 aromatic carbocycles. The second-order valence-electron chi connectivity index (χ2n) is 7.70. The van der Waals surface area contributed by atoms with E-state index in [-0.39, 0.29) is 0 Å². The fourth-order valence-electron chi connectivity index (χ4n) is 5.13. The molecule has 0 heterocycles. The molecule has 0 aliphatic heterocycles. The Morgan fingerprint density at radius 2 is 1.76 bits per heavy atom. The second kappa shape index (κ2) is 3.62. The number of hydrogen-bond acceptors (Lipinski definition) is 0. The molecule has 0 spiro atoms. The average molecular weight is 234 g/mol. The van der Waals surface area contributed by atoms with Crippen LogP contribution >= 0.6 is 0 Å². The first-order valence-corrected chi connectivity index (χ1v) is 7.33. The smallest absolute Gasteiger partial charge is 0.0144 e. The van der Waals surface area contributed by atoms with E-state index < -0.39 is 0 Å². The molecule has 0 N–H and O–H groups in total. The Hall–Kier alpha value is -0.260. The van der Waals surface area contributed by atoms with Gasteiger partial charge in [0.1, 0.15) is 0 Å². The lowest BCUT2D eigenvalue weighted by Gasteiger charge is -2.46. The van der Waals surface area contributed by atoms with Crippen LogP contribution in [-0.4, -0.2) is 0 Å². The summed E-state index contributed by atoms with van der Waals surface area (Å²) < 4.78 is 0. The van der Waals surface area contributed by atoms with E-state index >= 15 is 0 Å². The standard InChI is InChI=1S/C17H30/c1-8-12(2)14-11-16(6)13(3)9-10-17(16,7)15(14,4)5/h8,13-14H,9-11H2,1-7H3/b12-8-/t13-,14?,16?,17+/m1/s1. The van der Waals surface area contributed by atoms with Gasteiger partial charge in [0.15, 0.2) is 0 Å². The highest BCUT2D eigenvalue weighted by molar-refractivity contribution is 5.22. The van der Waals surface area contributed by atoms with Crippen LogP contribution in [0.25, 0.3) is 0 Å². The van der Waals surface area contributed by atoms with Crippen molar-refractivity contribution in [3.8, 4) is 0 Å². The summed E-state index contributed by atoms with van der Waals surface area (Å²) in [5.41, 5.74) is 3.13. The zero-order valence-corrected chi connectivity index (χ0v) is 12.9. The minimum absolute atomic E-state index is 0.448. The van der Waals surface area contributed by atoms with Crippen molar-refractivity contribution in [3.05, 3.63) is 11.6 Å². The van der Waals surface area contributed by atoms with Crippen molar-refractivity contribution >= 4 is 0 Å². The quantitative estimate of drug-likeness (QED) is 0.530. The molecule has 0 nitrogen and oxygen atoms in total. The Kier molecular flexibility index (Phi) is 2.81. The molecule has 2 rings (SSSR count). The lowest BCUT2D eigenvalue weighted by atomic mass is 9.58. The first kappa shape index (κ1) is 13.2. The van der Waals surface area contributed by atoms with E-state index in [1.54, 1.807) is 5.57 Å². The average Bonchev–Trinajstić information content (AvgIpc) is 2.59. The molecule has 17 heavy (non-hydrogen) atoms. The molecule has 2 aliphatic rings. The van der Waals surface area contributed by atoms with E-state index in [2.05, 4.69) is 54.5 Å². The molecule has 0 bridgehead atoms. The highest BCUT2D eigenvalue weighted by atomic mass is 14.7. The fraction of sp³-hybridized carbons (Fsp3) is 0.882. The molecule has 0 aromatic rings. The molecule has 4 atom stereocenters. The van der Waals surface area contributed by atoms with Crippen LogP contribution in [0.2, 0.25) is 0 Å². The summed E-state index contributed by atoms with van der Waals surface area (Å²) in [6.07, 6.45) is 6.59. The highest BCUT2D eigenvalue weighted by Gasteiger charge is 2.66. The predicted octanol–water partition coefficient (Wildman–Crippen LogP) is 5.44. The van der Waals surface area contributed by atoms with Gasteiger partial charge in [-0.2, -0.15) is 0 Å². The van der Waals surface area contributed by atoms with Gasteiger partial charge in [0.2, 0.25) is 0 Å². The van der Waals surface area contributed by atoms with Gasteiger partial charge in [0.05, 0.1) is 0 Å². The van der Waals surface area contributed by atoms with Crippen LogP contribution in [0.1, 0.15) is 67.7 Å². The Bertz CT molecular complexity index is 349. The monoisotopic (exact) mass is 234 g/mol. The van der Waals surface area contributed by atoms with Gasteiger partial charge >= 0.3 is 0 Å². The molecule has 0 heteroatoms. The zero-order chi connectivity index (χ0) is 13.1. The fourth-order valence-corrected chi connectivity index (χ4v) is 5.13. The van der Waals surface area contributed by atoms with Gasteiger partial charge in [0.25, 0.3) is 0 Å². The molecule has 2 fully saturated rings. The minimum atomic E-state index is 0.448. The Morgan fingerprint density at radius 3 is 2.24 bits per heavy atom. The number of hydrogen-bond donors (Lipinski definition) is 0. The molecular formula is C17H30. The molecule has 0 saturated heterocycles. The zero-order valence-electron chi connectivity index (χ0n) is 12.9. The lowest BCUT2D eigenvalue weighted by molar-refractivity contribution is 0.0245. The van der Waals surface area contributed by atoms with Crippen molar-refractivity contribution in [2.75, 3.05) is 0 Å². The van der Waals surface area contributed by atoms with Crippen molar-refractivity contribution in [2.45, 2.75) is 67.7 Å². The van der Waals surface area contributed by atoms with Gasteiger partial charge in [-0.15, -0.1) is 0 Å². The van der Waals surface area contributed by atoms with Crippen LogP contribution in [0.4, 0.5) is 0 Å². The number of fused-ring (bicyclic) bond motifs is 1. The van der Waals surface area contributed by atoms with Crippen LogP contribution < -0.4 is 0 Å². The van der Waals surface area contributed by atoms with Crippen molar-refractivity contribution in [3.63, 3.8) is 0 Å². The summed E-state index contributed by atoms with van der Waals surface area (Å²) in [7, 11) is 0. The lowest BCUT2D eigenvalue weighted by Crippen LogP contribution is -2.40. The van der Waals surface area contributed by atoms with Gasteiger partial charge in [-0.25, -0.2) is 0 Å². The minimum Gasteiger partial charge on any atom is -0.0884 e. The van der Waals surface area contributed by atoms with Gasteiger partial charge in [-0.3, -0.25) is 0 Å². The van der Waals surface area contributed by atoms with Crippen LogP contribution in [-0.2, 0) is 0 Å². The summed E-state index contributed by atoms with van der Waals surface area (Å²) in [6, 6.07) is 0. The maximum absolute atomic E-state index is 2.57. The van der Waals surface area contributed by atoms with Gasteiger partial charge < -0.3 is 0 Å². The van der Waals surface area contributed by atoms with Gasteiger partial charge in [0, 0.05) is 0 Å². The molecular weight excluding hydrogens is 204 g/mol. The Morgan fingerprint density at radius 1 is 1.18 bits per heavy atom. The molecule has 0 amide bonds. The van der Waals surface area contributed by atoms with Crippen LogP contribution in [0.5, 0.6) is 0 Å². The van der Waals surface area contributed by atoms with E-state index in [0.29, 0.717) is 16.2 Å². The topological polar surface area (TPSA) is 0 Å². The SMILES string of the molecule is C/C=C(/C)C1CC2(C)[C@H](C)CC[C@@]2(C)C1(C)C. The summed E-state index contributed by atoms with van der Waals surface area (Å²) in [5, 5.41) is 0. The van der Waals surface area contributed by atoms with Crippen molar-refractivity contribution in [2.24, 2.45) is 28.1 Å². The highest BCUT2D eigenvalue weighted by Crippen LogP contribution is 2.74. The van der Waals surface area contributed by atoms with E-state index in [4.69, 9.17) is 0 Å². The third-order valence-corrected chi connectivity index (χ3v) is 7.35. The Labute approximate surface area is 108 Å². The molecule has 0 radical (unpaired) electrons. The van der Waals surface area contributed by atoms with E-state index in [0.717, 1.165) is 11.8 Å². The first-order valence-electron chi connectivity index (χ1n) is 7.33. The first-order chi connectivity index (χ1) is 7.70. The van der Waals surface area contributed by atoms with Crippen LogP contribution in [0.3, 0.4) is 0 Å².